The van der Waals surface area contributed by atoms with Gasteiger partial charge in [0.2, 0.25) is 5.91 Å². The van der Waals surface area contributed by atoms with E-state index in [1.54, 1.807) is 0 Å². The van der Waals surface area contributed by atoms with Gasteiger partial charge in [0.1, 0.15) is 0 Å². The molecule has 1 aromatic heterocycles. The Morgan fingerprint density at radius 2 is 1.57 bits per heavy atom. The smallest absolute Gasteiger partial charge is 0.228 e. The predicted molar refractivity (Wildman–Crippen MR) is 115 cm³/mol. The molecule has 1 amide bonds. The van der Waals surface area contributed by atoms with Crippen LogP contribution in [0.5, 0.6) is 0 Å². The van der Waals surface area contributed by atoms with E-state index in [-0.39, 0.29) is 5.91 Å². The molecule has 0 saturated carbocycles. The number of rotatable bonds is 7. The number of para-hydroxylation sites is 1. The topological polar surface area (TPSA) is 59.0 Å². The Kier molecular flexibility index (Phi) is 6.14. The van der Waals surface area contributed by atoms with Gasteiger partial charge in [-0.3, -0.25) is 9.48 Å². The average molecular weight is 377 g/mol. The minimum Gasteiger partial charge on any atom is -0.356 e. The molecule has 3 aromatic rings. The third kappa shape index (κ3) is 5.00. The fraction of sp³-hybridized carbons (Fsp3) is 0.304. The molecular formula is C23H28N4O. The molecule has 0 aliphatic rings. The molecule has 5 nitrogen and oxygen atoms in total. The van der Waals surface area contributed by atoms with Crippen LogP contribution in [0.25, 0.3) is 0 Å². The van der Waals surface area contributed by atoms with E-state index < -0.39 is 0 Å². The molecule has 0 saturated heterocycles. The van der Waals surface area contributed by atoms with Crippen LogP contribution in [0.2, 0.25) is 0 Å². The molecule has 0 aliphatic carbocycles. The van der Waals surface area contributed by atoms with E-state index in [0.29, 0.717) is 12.3 Å². The largest absolute Gasteiger partial charge is 0.356 e. The maximum atomic E-state index is 12.5. The van der Waals surface area contributed by atoms with Gasteiger partial charge < -0.3 is 10.6 Å². The minimum atomic E-state index is -0.0286. The SMILES string of the molecule is Cc1nn(CC(C)C)c(C)c1CC(=O)Nc1ccc(Nc2ccccc2)cc1. The van der Waals surface area contributed by atoms with E-state index >= 15 is 0 Å². The zero-order valence-corrected chi connectivity index (χ0v) is 17.0. The number of carbonyl (C=O) groups excluding carboxylic acids is 1. The lowest BCUT2D eigenvalue weighted by atomic mass is 10.1. The third-order valence-corrected chi connectivity index (χ3v) is 4.64. The summed E-state index contributed by atoms with van der Waals surface area (Å²) in [4.78, 5) is 12.5. The van der Waals surface area contributed by atoms with E-state index in [4.69, 9.17) is 0 Å². The van der Waals surface area contributed by atoms with Gasteiger partial charge in [0.15, 0.2) is 0 Å². The lowest BCUT2D eigenvalue weighted by Crippen LogP contribution is -2.15. The summed E-state index contributed by atoms with van der Waals surface area (Å²) in [6.45, 7) is 9.20. The van der Waals surface area contributed by atoms with Gasteiger partial charge in [-0.05, 0) is 56.2 Å². The van der Waals surface area contributed by atoms with Crippen LogP contribution in [0.1, 0.15) is 30.8 Å². The Labute approximate surface area is 166 Å². The summed E-state index contributed by atoms with van der Waals surface area (Å²) in [5.41, 5.74) is 5.81. The van der Waals surface area contributed by atoms with Crippen LogP contribution >= 0.6 is 0 Å². The van der Waals surface area contributed by atoms with Crippen molar-refractivity contribution in [2.75, 3.05) is 10.6 Å². The molecule has 1 heterocycles. The zero-order valence-electron chi connectivity index (χ0n) is 17.0. The first-order valence-electron chi connectivity index (χ1n) is 9.67. The molecule has 5 heteroatoms. The summed E-state index contributed by atoms with van der Waals surface area (Å²) in [6, 6.07) is 17.7. The molecule has 2 N–H and O–H groups in total. The van der Waals surface area contributed by atoms with Gasteiger partial charge in [-0.2, -0.15) is 5.10 Å². The summed E-state index contributed by atoms with van der Waals surface area (Å²) < 4.78 is 2.01. The Morgan fingerprint density at radius 1 is 0.964 bits per heavy atom. The monoisotopic (exact) mass is 376 g/mol. The third-order valence-electron chi connectivity index (χ3n) is 4.64. The van der Waals surface area contributed by atoms with Crippen molar-refractivity contribution in [3.05, 3.63) is 71.5 Å². The van der Waals surface area contributed by atoms with Gasteiger partial charge in [-0.1, -0.05) is 32.0 Å². The molecule has 3 rings (SSSR count). The van der Waals surface area contributed by atoms with E-state index in [1.165, 1.54) is 0 Å². The Bertz CT molecular complexity index is 927. The number of hydrogen-bond donors (Lipinski definition) is 2. The van der Waals surface area contributed by atoms with Crippen LogP contribution < -0.4 is 10.6 Å². The summed E-state index contributed by atoms with van der Waals surface area (Å²) in [6.07, 6.45) is 0.333. The lowest BCUT2D eigenvalue weighted by molar-refractivity contribution is -0.115. The van der Waals surface area contributed by atoms with Crippen LogP contribution in [0.3, 0.4) is 0 Å². The first kappa shape index (κ1) is 19.7. The number of carbonyl (C=O) groups is 1. The molecule has 0 atom stereocenters. The number of anilines is 3. The first-order valence-corrected chi connectivity index (χ1v) is 9.67. The van der Waals surface area contributed by atoms with Crippen molar-refractivity contribution in [2.24, 2.45) is 5.92 Å². The summed E-state index contributed by atoms with van der Waals surface area (Å²) in [7, 11) is 0. The van der Waals surface area contributed by atoms with Crippen LogP contribution in [0.15, 0.2) is 54.6 Å². The predicted octanol–water partition coefficient (Wildman–Crippen LogP) is 5.08. The minimum absolute atomic E-state index is 0.0286. The molecule has 0 unspecified atom stereocenters. The van der Waals surface area contributed by atoms with Crippen LogP contribution in [-0.4, -0.2) is 15.7 Å². The van der Waals surface area contributed by atoms with Crippen molar-refractivity contribution >= 4 is 23.0 Å². The number of aryl methyl sites for hydroxylation is 1. The molecule has 0 spiro atoms. The number of nitrogens with one attached hydrogen (secondary N) is 2. The van der Waals surface area contributed by atoms with Gasteiger partial charge >= 0.3 is 0 Å². The highest BCUT2D eigenvalue weighted by atomic mass is 16.1. The maximum absolute atomic E-state index is 12.5. The van der Waals surface area contributed by atoms with Gasteiger partial charge in [0.25, 0.3) is 0 Å². The second-order valence-corrected chi connectivity index (χ2v) is 7.52. The molecule has 2 aromatic carbocycles. The molecule has 146 valence electrons. The highest BCUT2D eigenvalue weighted by Gasteiger charge is 2.15. The number of aromatic nitrogens is 2. The summed E-state index contributed by atoms with van der Waals surface area (Å²) >= 11 is 0. The number of nitrogens with zero attached hydrogens (tertiary/aromatic N) is 2. The van der Waals surface area contributed by atoms with Crippen molar-refractivity contribution in [1.82, 2.24) is 9.78 Å². The van der Waals surface area contributed by atoms with Crippen LogP contribution in [0, 0.1) is 19.8 Å². The second kappa shape index (κ2) is 8.74. The summed E-state index contributed by atoms with van der Waals surface area (Å²) in [5, 5.41) is 10.9. The highest BCUT2D eigenvalue weighted by Crippen LogP contribution is 2.20. The van der Waals surface area contributed by atoms with Gasteiger partial charge in [-0.25, -0.2) is 0 Å². The van der Waals surface area contributed by atoms with Crippen LogP contribution in [-0.2, 0) is 17.8 Å². The Morgan fingerprint density at radius 3 is 2.21 bits per heavy atom. The van der Waals surface area contributed by atoms with Crippen molar-refractivity contribution in [1.29, 1.82) is 0 Å². The molecule has 0 bridgehead atoms. The van der Waals surface area contributed by atoms with Gasteiger partial charge in [0, 0.05) is 34.9 Å². The number of amides is 1. The Balaban J connectivity index is 1.61. The van der Waals surface area contributed by atoms with E-state index in [0.717, 1.165) is 40.6 Å². The first-order chi connectivity index (χ1) is 13.4. The molecule has 0 aliphatic heterocycles. The van der Waals surface area contributed by atoms with Crippen molar-refractivity contribution in [2.45, 2.75) is 40.7 Å². The van der Waals surface area contributed by atoms with Gasteiger partial charge in [-0.15, -0.1) is 0 Å². The highest BCUT2D eigenvalue weighted by molar-refractivity contribution is 5.92. The van der Waals surface area contributed by atoms with Gasteiger partial charge in [0.05, 0.1) is 12.1 Å². The fourth-order valence-electron chi connectivity index (χ4n) is 3.20. The van der Waals surface area contributed by atoms with Crippen molar-refractivity contribution in [3.63, 3.8) is 0 Å². The summed E-state index contributed by atoms with van der Waals surface area (Å²) in [5.74, 6) is 0.488. The normalized spacial score (nSPS) is 10.9. The second-order valence-electron chi connectivity index (χ2n) is 7.52. The number of hydrogen-bond acceptors (Lipinski definition) is 3. The zero-order chi connectivity index (χ0) is 20.1. The van der Waals surface area contributed by atoms with Crippen LogP contribution in [0.4, 0.5) is 17.1 Å². The average Bonchev–Trinajstić information content (AvgIpc) is 2.91. The standard InChI is InChI=1S/C23H28N4O/c1-16(2)15-27-18(4)22(17(3)26-27)14-23(28)25-21-12-10-20(11-13-21)24-19-8-6-5-7-9-19/h5-13,16,24H,14-15H2,1-4H3,(H,25,28). The maximum Gasteiger partial charge on any atom is 0.228 e. The fourth-order valence-corrected chi connectivity index (χ4v) is 3.20. The van der Waals surface area contributed by atoms with Crippen molar-refractivity contribution in [3.8, 4) is 0 Å². The van der Waals surface area contributed by atoms with E-state index in [9.17, 15) is 4.79 Å². The van der Waals surface area contributed by atoms with E-state index in [1.807, 2.05) is 73.1 Å². The number of benzene rings is 2. The quantitative estimate of drug-likeness (QED) is 0.604. The Hall–Kier alpha value is -3.08. The molecule has 0 radical (unpaired) electrons. The van der Waals surface area contributed by atoms with Crippen molar-refractivity contribution < 1.29 is 4.79 Å². The molecular weight excluding hydrogens is 348 g/mol. The molecule has 28 heavy (non-hydrogen) atoms. The molecule has 0 fully saturated rings. The van der Waals surface area contributed by atoms with E-state index in [2.05, 4.69) is 29.6 Å². The lowest BCUT2D eigenvalue weighted by Gasteiger charge is -2.10.